The normalized spacial score (nSPS) is 12.0. The van der Waals surface area contributed by atoms with E-state index in [4.69, 9.17) is 14.6 Å². The van der Waals surface area contributed by atoms with Gasteiger partial charge in [0.2, 0.25) is 0 Å². The van der Waals surface area contributed by atoms with E-state index < -0.39 is 11.9 Å². The van der Waals surface area contributed by atoms with Crippen LogP contribution in [-0.2, 0) is 14.4 Å². The van der Waals surface area contributed by atoms with Crippen LogP contribution in [0.1, 0.15) is 174 Å². The minimum Gasteiger partial charge on any atom is -0.478 e. The van der Waals surface area contributed by atoms with Gasteiger partial charge in [0.15, 0.2) is 11.5 Å². The molecule has 0 saturated carbocycles. The molecule has 0 unspecified atom stereocenters. The first-order chi connectivity index (χ1) is 25.0. The van der Waals surface area contributed by atoms with Gasteiger partial charge in [0.1, 0.15) is 0 Å². The number of unbranched alkanes of at least 4 members (excludes halogenated alkanes) is 16. The molecule has 0 bridgehead atoms. The Balaban J connectivity index is 2.35. The van der Waals surface area contributed by atoms with Crippen LogP contribution in [0.3, 0.4) is 0 Å². The molecule has 0 amide bonds. The molecule has 1 aromatic rings. The molecule has 0 heterocycles. The summed E-state index contributed by atoms with van der Waals surface area (Å²) in [4.78, 5) is 36.3. The molecule has 0 aliphatic rings. The number of carboxylic acids is 1. The van der Waals surface area contributed by atoms with E-state index in [1.807, 2.05) is 0 Å². The Labute approximate surface area is 310 Å². The summed E-state index contributed by atoms with van der Waals surface area (Å²) in [6.07, 6.45) is 45.3. The van der Waals surface area contributed by atoms with Crippen LogP contribution in [0.5, 0.6) is 11.5 Å². The maximum atomic E-state index is 12.7. The van der Waals surface area contributed by atoms with Crippen LogP contribution >= 0.6 is 0 Å². The van der Waals surface area contributed by atoms with Gasteiger partial charge in [-0.15, -0.1) is 0 Å². The number of carboxylic acid groups (broad SMARTS) is 1. The summed E-state index contributed by atoms with van der Waals surface area (Å²) in [6, 6.07) is 4.72. The van der Waals surface area contributed by atoms with Gasteiger partial charge in [-0.25, -0.2) is 4.79 Å². The zero-order valence-electron chi connectivity index (χ0n) is 32.0. The fraction of sp³-hybridized carbons (Fsp3) is 0.578. The largest absolute Gasteiger partial charge is 0.478 e. The van der Waals surface area contributed by atoms with Crippen molar-refractivity contribution in [3.05, 3.63) is 78.4 Å². The van der Waals surface area contributed by atoms with Crippen molar-refractivity contribution in [1.82, 2.24) is 0 Å². The van der Waals surface area contributed by atoms with Gasteiger partial charge < -0.3 is 14.6 Å². The molecule has 0 atom stereocenters. The van der Waals surface area contributed by atoms with Crippen LogP contribution in [0.2, 0.25) is 0 Å². The molecule has 1 N–H and O–H groups in total. The number of esters is 2. The van der Waals surface area contributed by atoms with Crippen molar-refractivity contribution >= 4 is 24.0 Å². The Hall–Kier alpha value is -3.67. The van der Waals surface area contributed by atoms with Crippen molar-refractivity contribution < 1.29 is 29.0 Å². The summed E-state index contributed by atoms with van der Waals surface area (Å²) < 4.78 is 11.2. The van der Waals surface area contributed by atoms with Gasteiger partial charge in [-0.05, 0) is 101 Å². The Morgan fingerprint density at radius 1 is 0.529 bits per heavy atom. The first-order valence-electron chi connectivity index (χ1n) is 20.0. The van der Waals surface area contributed by atoms with E-state index in [0.29, 0.717) is 5.56 Å². The second kappa shape index (κ2) is 33.5. The quantitative estimate of drug-likeness (QED) is 0.0264. The molecule has 0 aromatic heterocycles. The Kier molecular flexibility index (Phi) is 29.8. The van der Waals surface area contributed by atoms with E-state index in [1.54, 1.807) is 12.1 Å². The molecule has 0 radical (unpaired) electrons. The second-order valence-electron chi connectivity index (χ2n) is 13.3. The molecule has 0 aliphatic carbocycles. The van der Waals surface area contributed by atoms with Crippen molar-refractivity contribution in [3.63, 3.8) is 0 Å². The minimum atomic E-state index is -1.08. The van der Waals surface area contributed by atoms with Gasteiger partial charge in [0, 0.05) is 18.9 Å². The molecule has 0 spiro atoms. The summed E-state index contributed by atoms with van der Waals surface area (Å²) in [6.45, 7) is 4.45. The monoisotopic (exact) mass is 705 g/mol. The zero-order chi connectivity index (χ0) is 37.0. The SMILES string of the molecule is CCCCC/C=C/C/C=C/CCCCCCCC(=O)Oc1ccc(/C=C/C(=O)O)cc1OC(=O)CCCCCCC/C=C/C/C=C/CCCCC. The van der Waals surface area contributed by atoms with Crippen LogP contribution in [0.25, 0.3) is 6.08 Å². The predicted molar refractivity (Wildman–Crippen MR) is 213 cm³/mol. The Morgan fingerprint density at radius 2 is 0.941 bits per heavy atom. The van der Waals surface area contributed by atoms with Crippen LogP contribution in [0, 0.1) is 0 Å². The van der Waals surface area contributed by atoms with Gasteiger partial charge in [0.25, 0.3) is 0 Å². The minimum absolute atomic E-state index is 0.128. The molecular formula is C45H68O6. The predicted octanol–water partition coefficient (Wildman–Crippen LogP) is 13.2. The third kappa shape index (κ3) is 28.7. The van der Waals surface area contributed by atoms with E-state index in [9.17, 15) is 14.4 Å². The average molecular weight is 705 g/mol. The molecule has 284 valence electrons. The van der Waals surface area contributed by atoms with E-state index >= 15 is 0 Å². The summed E-state index contributed by atoms with van der Waals surface area (Å²) >= 11 is 0. The highest BCUT2D eigenvalue weighted by Crippen LogP contribution is 2.30. The number of ether oxygens (including phenoxy) is 2. The van der Waals surface area contributed by atoms with E-state index in [1.165, 1.54) is 63.5 Å². The van der Waals surface area contributed by atoms with Crippen molar-refractivity contribution in [2.24, 2.45) is 0 Å². The van der Waals surface area contributed by atoms with Crippen molar-refractivity contribution in [1.29, 1.82) is 0 Å². The number of hydrogen-bond acceptors (Lipinski definition) is 5. The fourth-order valence-electron chi connectivity index (χ4n) is 5.47. The van der Waals surface area contributed by atoms with E-state index in [0.717, 1.165) is 96.0 Å². The highest BCUT2D eigenvalue weighted by Gasteiger charge is 2.15. The number of hydrogen-bond donors (Lipinski definition) is 1. The van der Waals surface area contributed by atoms with Gasteiger partial charge in [-0.1, -0.05) is 133 Å². The zero-order valence-corrected chi connectivity index (χ0v) is 32.0. The third-order valence-electron chi connectivity index (χ3n) is 8.50. The molecule has 0 fully saturated rings. The summed E-state index contributed by atoms with van der Waals surface area (Å²) in [5.74, 6) is -1.55. The van der Waals surface area contributed by atoms with Crippen LogP contribution in [0.15, 0.2) is 72.9 Å². The van der Waals surface area contributed by atoms with Crippen molar-refractivity contribution in [3.8, 4) is 11.5 Å². The van der Waals surface area contributed by atoms with Crippen LogP contribution in [0.4, 0.5) is 0 Å². The van der Waals surface area contributed by atoms with E-state index in [2.05, 4.69) is 62.5 Å². The highest BCUT2D eigenvalue weighted by molar-refractivity contribution is 5.85. The molecule has 1 rings (SSSR count). The molecule has 51 heavy (non-hydrogen) atoms. The van der Waals surface area contributed by atoms with Gasteiger partial charge >= 0.3 is 17.9 Å². The topological polar surface area (TPSA) is 89.9 Å². The number of benzene rings is 1. The lowest BCUT2D eigenvalue weighted by molar-refractivity contribution is -0.137. The van der Waals surface area contributed by atoms with Crippen molar-refractivity contribution in [2.45, 2.75) is 168 Å². The maximum Gasteiger partial charge on any atom is 0.328 e. The summed E-state index contributed by atoms with van der Waals surface area (Å²) in [7, 11) is 0. The lowest BCUT2D eigenvalue weighted by Crippen LogP contribution is -2.12. The number of aliphatic carboxylic acids is 1. The number of allylic oxidation sites excluding steroid dienone is 8. The Morgan fingerprint density at radius 3 is 1.39 bits per heavy atom. The molecular weight excluding hydrogens is 636 g/mol. The second-order valence-corrected chi connectivity index (χ2v) is 13.3. The molecule has 0 saturated heterocycles. The van der Waals surface area contributed by atoms with Gasteiger partial charge in [-0.2, -0.15) is 0 Å². The lowest BCUT2D eigenvalue weighted by atomic mass is 10.1. The van der Waals surface area contributed by atoms with Crippen molar-refractivity contribution in [2.75, 3.05) is 0 Å². The lowest BCUT2D eigenvalue weighted by Gasteiger charge is -2.12. The maximum absolute atomic E-state index is 12.7. The Bertz CT molecular complexity index is 1210. The van der Waals surface area contributed by atoms with Gasteiger partial charge in [-0.3, -0.25) is 9.59 Å². The smallest absolute Gasteiger partial charge is 0.328 e. The van der Waals surface area contributed by atoms with Crippen LogP contribution in [-0.4, -0.2) is 23.0 Å². The fourth-order valence-corrected chi connectivity index (χ4v) is 5.47. The standard InChI is InChI=1S/C45H68O6/c1-3-5-7-9-11-13-15-17-19-21-23-25-27-29-31-33-44(48)50-41-37-35-40(36-38-43(46)47)39-42(41)51-45(49)34-32-30-28-26-24-22-20-18-16-14-12-10-8-6-4-2/h11-14,17-20,35-39H,3-10,15-16,21-34H2,1-2H3,(H,46,47)/b13-11+,14-12+,19-17+,20-18+,38-36+. The van der Waals surface area contributed by atoms with Crippen LogP contribution < -0.4 is 9.47 Å². The molecule has 1 aromatic carbocycles. The number of carbonyl (C=O) groups is 3. The first kappa shape index (κ1) is 45.4. The highest BCUT2D eigenvalue weighted by atomic mass is 16.6. The summed E-state index contributed by atoms with van der Waals surface area (Å²) in [5, 5.41) is 9.00. The summed E-state index contributed by atoms with van der Waals surface area (Å²) in [5.41, 5.74) is 0.533. The van der Waals surface area contributed by atoms with E-state index in [-0.39, 0.29) is 30.3 Å². The molecule has 6 heteroatoms. The number of carbonyl (C=O) groups excluding carboxylic acids is 2. The van der Waals surface area contributed by atoms with Gasteiger partial charge in [0.05, 0.1) is 0 Å². The third-order valence-corrected chi connectivity index (χ3v) is 8.50. The number of rotatable bonds is 32. The molecule has 6 nitrogen and oxygen atoms in total. The first-order valence-corrected chi connectivity index (χ1v) is 20.0. The average Bonchev–Trinajstić information content (AvgIpc) is 3.11. The molecule has 0 aliphatic heterocycles.